The van der Waals surface area contributed by atoms with E-state index in [-0.39, 0.29) is 0 Å². The van der Waals surface area contributed by atoms with Crippen LogP contribution in [0, 0.1) is 11.8 Å². The Hall–Kier alpha value is -1.64. The summed E-state index contributed by atoms with van der Waals surface area (Å²) in [6.07, 6.45) is 4.18. The summed E-state index contributed by atoms with van der Waals surface area (Å²) < 4.78 is 0. The molecule has 1 unspecified atom stereocenters. The minimum Gasteiger partial charge on any atom is -0.299 e. The molecule has 2 heteroatoms. The fourth-order valence-corrected chi connectivity index (χ4v) is 5.07. The van der Waals surface area contributed by atoms with Crippen LogP contribution in [0.15, 0.2) is 60.7 Å². The highest BCUT2D eigenvalue weighted by Crippen LogP contribution is 2.38. The maximum absolute atomic E-state index is 2.79. The van der Waals surface area contributed by atoms with E-state index in [1.165, 1.54) is 50.0 Å². The standard InChI is InChI=1S/C24H32N2/c1-2-22-18-26-14-13-23(22)15-24(26)19-25(16-20-9-5-3-6-10-20)17-21-11-7-4-8-12-21/h3-12,22-24H,2,13-19H2,1H3/t22-,23-,24+/m0/s1. The van der Waals surface area contributed by atoms with E-state index in [1.54, 1.807) is 0 Å². The van der Waals surface area contributed by atoms with Gasteiger partial charge in [-0.15, -0.1) is 0 Å². The Morgan fingerprint density at radius 2 is 1.54 bits per heavy atom. The fraction of sp³-hybridized carbons (Fsp3) is 0.500. The summed E-state index contributed by atoms with van der Waals surface area (Å²) in [6.45, 7) is 8.30. The molecule has 138 valence electrons. The van der Waals surface area contributed by atoms with E-state index in [0.717, 1.165) is 31.0 Å². The van der Waals surface area contributed by atoms with E-state index in [1.807, 2.05) is 0 Å². The van der Waals surface area contributed by atoms with Gasteiger partial charge in [0.15, 0.2) is 0 Å². The molecule has 0 aliphatic carbocycles. The van der Waals surface area contributed by atoms with E-state index in [2.05, 4.69) is 77.4 Å². The topological polar surface area (TPSA) is 6.48 Å². The predicted molar refractivity (Wildman–Crippen MR) is 109 cm³/mol. The zero-order valence-corrected chi connectivity index (χ0v) is 16.1. The summed E-state index contributed by atoms with van der Waals surface area (Å²) in [5.41, 5.74) is 2.84. The van der Waals surface area contributed by atoms with Gasteiger partial charge in [-0.2, -0.15) is 0 Å². The summed E-state index contributed by atoms with van der Waals surface area (Å²) >= 11 is 0. The third-order valence-electron chi connectivity index (χ3n) is 6.51. The quantitative estimate of drug-likeness (QED) is 0.708. The second-order valence-corrected chi connectivity index (χ2v) is 8.24. The Kier molecular flexibility index (Phi) is 5.72. The molecule has 5 rings (SSSR count). The second-order valence-electron chi connectivity index (χ2n) is 8.24. The molecule has 0 amide bonds. The van der Waals surface area contributed by atoms with Crippen molar-refractivity contribution >= 4 is 0 Å². The van der Waals surface area contributed by atoms with E-state index in [9.17, 15) is 0 Å². The third-order valence-corrected chi connectivity index (χ3v) is 6.51. The van der Waals surface area contributed by atoms with Crippen LogP contribution in [0.5, 0.6) is 0 Å². The van der Waals surface area contributed by atoms with Crippen molar-refractivity contribution in [1.82, 2.24) is 9.80 Å². The molecular weight excluding hydrogens is 316 g/mol. The van der Waals surface area contributed by atoms with Crippen molar-refractivity contribution in [3.05, 3.63) is 71.8 Å². The number of piperidine rings is 3. The summed E-state index contributed by atoms with van der Waals surface area (Å²) in [5.74, 6) is 1.90. The van der Waals surface area contributed by atoms with Crippen LogP contribution in [0.3, 0.4) is 0 Å². The first-order chi connectivity index (χ1) is 12.8. The van der Waals surface area contributed by atoms with E-state index in [0.29, 0.717) is 0 Å². The van der Waals surface area contributed by atoms with Crippen molar-refractivity contribution in [2.24, 2.45) is 11.8 Å². The molecule has 0 radical (unpaired) electrons. The van der Waals surface area contributed by atoms with Gasteiger partial charge in [-0.3, -0.25) is 9.80 Å². The Morgan fingerprint density at radius 1 is 0.923 bits per heavy atom. The zero-order valence-electron chi connectivity index (χ0n) is 16.1. The minimum absolute atomic E-state index is 0.740. The molecule has 2 aromatic carbocycles. The van der Waals surface area contributed by atoms with Crippen LogP contribution in [0.25, 0.3) is 0 Å². The highest BCUT2D eigenvalue weighted by atomic mass is 15.2. The molecule has 3 heterocycles. The van der Waals surface area contributed by atoms with E-state index in [4.69, 9.17) is 0 Å². The van der Waals surface area contributed by atoms with Gasteiger partial charge in [-0.1, -0.05) is 74.0 Å². The van der Waals surface area contributed by atoms with Gasteiger partial charge in [0.05, 0.1) is 0 Å². The molecule has 0 aromatic heterocycles. The second kappa shape index (κ2) is 8.37. The van der Waals surface area contributed by atoms with Gasteiger partial charge < -0.3 is 0 Å². The van der Waals surface area contributed by atoms with Crippen LogP contribution >= 0.6 is 0 Å². The van der Waals surface area contributed by atoms with Crippen LogP contribution in [-0.4, -0.2) is 35.5 Å². The molecule has 3 fully saturated rings. The highest BCUT2D eigenvalue weighted by Gasteiger charge is 2.39. The Bertz CT molecular complexity index is 628. The van der Waals surface area contributed by atoms with Crippen LogP contribution < -0.4 is 0 Å². The van der Waals surface area contributed by atoms with Gasteiger partial charge in [0.1, 0.15) is 0 Å². The zero-order chi connectivity index (χ0) is 17.8. The summed E-state index contributed by atoms with van der Waals surface area (Å²) in [7, 11) is 0. The van der Waals surface area contributed by atoms with Crippen molar-refractivity contribution in [3.63, 3.8) is 0 Å². The number of hydrogen-bond acceptors (Lipinski definition) is 2. The first-order valence-corrected chi connectivity index (χ1v) is 10.4. The van der Waals surface area contributed by atoms with Crippen LogP contribution in [0.1, 0.15) is 37.3 Å². The number of nitrogens with zero attached hydrogens (tertiary/aromatic N) is 2. The first kappa shape index (κ1) is 17.8. The number of rotatable bonds is 7. The van der Waals surface area contributed by atoms with E-state index < -0.39 is 0 Å². The van der Waals surface area contributed by atoms with Gasteiger partial charge in [-0.05, 0) is 42.3 Å². The third kappa shape index (κ3) is 4.19. The lowest BCUT2D eigenvalue weighted by molar-refractivity contribution is -0.0161. The Morgan fingerprint density at radius 3 is 2.04 bits per heavy atom. The molecule has 3 saturated heterocycles. The van der Waals surface area contributed by atoms with Crippen LogP contribution in [0.2, 0.25) is 0 Å². The predicted octanol–water partition coefficient (Wildman–Crippen LogP) is 4.81. The summed E-state index contributed by atoms with van der Waals surface area (Å²) in [4.78, 5) is 5.45. The van der Waals surface area contributed by atoms with Crippen molar-refractivity contribution < 1.29 is 0 Å². The lowest BCUT2D eigenvalue weighted by atomic mass is 9.74. The van der Waals surface area contributed by atoms with Gasteiger partial charge in [0.2, 0.25) is 0 Å². The van der Waals surface area contributed by atoms with Crippen LogP contribution in [0.4, 0.5) is 0 Å². The molecule has 3 aliphatic heterocycles. The molecule has 0 N–H and O–H groups in total. The molecule has 2 bridgehead atoms. The molecule has 0 spiro atoms. The number of benzene rings is 2. The maximum Gasteiger partial charge on any atom is 0.0237 e. The Balaban J connectivity index is 1.46. The average Bonchev–Trinajstić information content (AvgIpc) is 2.70. The SMILES string of the molecule is CC[C@H]1CN2CC[C@H]1C[C@@H]2CN(Cc1ccccc1)Cc1ccccc1. The smallest absolute Gasteiger partial charge is 0.0237 e. The molecule has 0 saturated carbocycles. The fourth-order valence-electron chi connectivity index (χ4n) is 5.07. The van der Waals surface area contributed by atoms with Gasteiger partial charge in [0, 0.05) is 32.2 Å². The molecule has 2 nitrogen and oxygen atoms in total. The highest BCUT2D eigenvalue weighted by molar-refractivity contribution is 5.17. The lowest BCUT2D eigenvalue weighted by Gasteiger charge is -2.51. The Labute approximate surface area is 158 Å². The first-order valence-electron chi connectivity index (χ1n) is 10.4. The van der Waals surface area contributed by atoms with Crippen LogP contribution in [-0.2, 0) is 13.1 Å². The van der Waals surface area contributed by atoms with Gasteiger partial charge >= 0.3 is 0 Å². The normalized spacial score (nSPS) is 27.8. The maximum atomic E-state index is 2.79. The van der Waals surface area contributed by atoms with Crippen molar-refractivity contribution in [3.8, 4) is 0 Å². The van der Waals surface area contributed by atoms with Gasteiger partial charge in [-0.25, -0.2) is 0 Å². The number of hydrogen-bond donors (Lipinski definition) is 0. The minimum atomic E-state index is 0.740. The van der Waals surface area contributed by atoms with Crippen molar-refractivity contribution in [2.75, 3.05) is 19.6 Å². The van der Waals surface area contributed by atoms with Gasteiger partial charge in [0.25, 0.3) is 0 Å². The van der Waals surface area contributed by atoms with Crippen molar-refractivity contribution in [1.29, 1.82) is 0 Å². The molecule has 4 atom stereocenters. The molecule has 3 aliphatic rings. The van der Waals surface area contributed by atoms with E-state index >= 15 is 0 Å². The van der Waals surface area contributed by atoms with Crippen molar-refractivity contribution in [2.45, 2.75) is 45.3 Å². The molecular formula is C24H32N2. The average molecular weight is 349 g/mol. The summed E-state index contributed by atoms with van der Waals surface area (Å²) in [6, 6.07) is 22.7. The summed E-state index contributed by atoms with van der Waals surface area (Å²) in [5, 5.41) is 0. The number of fused-ring (bicyclic) bond motifs is 3. The molecule has 2 aromatic rings. The molecule has 26 heavy (non-hydrogen) atoms. The largest absolute Gasteiger partial charge is 0.299 e. The lowest BCUT2D eigenvalue weighted by Crippen LogP contribution is -2.56. The monoisotopic (exact) mass is 348 g/mol.